The second-order valence-corrected chi connectivity index (χ2v) is 5.81. The Labute approximate surface area is 105 Å². The van der Waals surface area contributed by atoms with Crippen LogP contribution in [0.25, 0.3) is 0 Å². The fourth-order valence-electron chi connectivity index (χ4n) is 2.01. The van der Waals surface area contributed by atoms with E-state index in [0.717, 1.165) is 24.5 Å². The van der Waals surface area contributed by atoms with Crippen LogP contribution in [-0.2, 0) is 0 Å². The smallest absolute Gasteiger partial charge is 0.250 e. The lowest BCUT2D eigenvalue weighted by molar-refractivity contribution is 0.100. The molecule has 1 heterocycles. The highest BCUT2D eigenvalue weighted by atomic mass is 32.2. The van der Waals surface area contributed by atoms with Gasteiger partial charge >= 0.3 is 0 Å². The summed E-state index contributed by atoms with van der Waals surface area (Å²) >= 11 is 1.97. The van der Waals surface area contributed by atoms with Gasteiger partial charge in [0.25, 0.3) is 5.91 Å². The molecule has 2 rings (SSSR count). The number of thioether (sulfide) groups is 1. The van der Waals surface area contributed by atoms with Crippen molar-refractivity contribution in [2.24, 2.45) is 5.73 Å². The van der Waals surface area contributed by atoms with Gasteiger partial charge in [0.05, 0.1) is 5.56 Å². The van der Waals surface area contributed by atoms with E-state index < -0.39 is 5.91 Å². The minimum atomic E-state index is -0.469. The molecule has 1 aliphatic rings. The molecule has 1 fully saturated rings. The number of nitrogen functional groups attached to an aromatic ring is 1. The fourth-order valence-corrected chi connectivity index (χ4v) is 3.02. The first-order valence-electron chi connectivity index (χ1n) is 5.64. The Kier molecular flexibility index (Phi) is 3.47. The molecule has 4 N–H and O–H groups in total. The van der Waals surface area contributed by atoms with E-state index in [9.17, 15) is 4.79 Å². The quantitative estimate of drug-likeness (QED) is 0.777. The SMILES string of the molecule is CC1CN(c2ccc(N)c(C(N)=O)c2)CCS1. The molecule has 0 bridgehead atoms. The number of nitrogens with zero attached hydrogens (tertiary/aromatic N) is 1. The summed E-state index contributed by atoms with van der Waals surface area (Å²) in [5.74, 6) is 0.640. The second kappa shape index (κ2) is 4.87. The van der Waals surface area contributed by atoms with E-state index in [4.69, 9.17) is 11.5 Å². The number of primary amides is 1. The van der Waals surface area contributed by atoms with Crippen LogP contribution in [-0.4, -0.2) is 30.0 Å². The number of rotatable bonds is 2. The maximum absolute atomic E-state index is 11.2. The van der Waals surface area contributed by atoms with Crippen molar-refractivity contribution >= 4 is 29.0 Å². The Morgan fingerprint density at radius 2 is 2.29 bits per heavy atom. The number of amides is 1. The molecule has 1 amide bonds. The van der Waals surface area contributed by atoms with Crippen LogP contribution >= 0.6 is 11.8 Å². The summed E-state index contributed by atoms with van der Waals surface area (Å²) in [6, 6.07) is 5.49. The molecule has 1 saturated heterocycles. The fraction of sp³-hybridized carbons (Fsp3) is 0.417. The Morgan fingerprint density at radius 3 is 2.94 bits per heavy atom. The maximum atomic E-state index is 11.2. The highest BCUT2D eigenvalue weighted by Crippen LogP contribution is 2.26. The molecule has 0 aromatic heterocycles. The van der Waals surface area contributed by atoms with Crippen molar-refractivity contribution < 1.29 is 4.79 Å². The van der Waals surface area contributed by atoms with E-state index in [0.29, 0.717) is 16.5 Å². The molecule has 1 atom stereocenters. The lowest BCUT2D eigenvalue weighted by Crippen LogP contribution is -2.36. The van der Waals surface area contributed by atoms with Crippen molar-refractivity contribution in [3.63, 3.8) is 0 Å². The van der Waals surface area contributed by atoms with Crippen LogP contribution in [0.1, 0.15) is 17.3 Å². The average molecular weight is 251 g/mol. The molecule has 1 aromatic carbocycles. The predicted octanol–water partition coefficient (Wildman–Crippen LogP) is 1.31. The van der Waals surface area contributed by atoms with Gasteiger partial charge in [-0.05, 0) is 18.2 Å². The monoisotopic (exact) mass is 251 g/mol. The standard InChI is InChI=1S/C12H17N3OS/c1-8-7-15(4-5-17-8)9-2-3-11(13)10(6-9)12(14)16/h2-3,6,8H,4-5,7,13H2,1H3,(H2,14,16). The van der Waals surface area contributed by atoms with E-state index in [1.165, 1.54) is 0 Å². The molecule has 1 aromatic rings. The van der Waals surface area contributed by atoms with Crippen molar-refractivity contribution in [2.75, 3.05) is 29.5 Å². The Morgan fingerprint density at radius 1 is 1.53 bits per heavy atom. The molecule has 0 aliphatic carbocycles. The van der Waals surface area contributed by atoms with Crippen LogP contribution in [0.5, 0.6) is 0 Å². The van der Waals surface area contributed by atoms with Crippen LogP contribution in [0.15, 0.2) is 18.2 Å². The zero-order chi connectivity index (χ0) is 12.4. The first-order chi connectivity index (χ1) is 8.08. The number of nitrogens with two attached hydrogens (primary N) is 2. The van der Waals surface area contributed by atoms with E-state index in [1.54, 1.807) is 12.1 Å². The molecular formula is C12H17N3OS. The summed E-state index contributed by atoms with van der Waals surface area (Å²) in [5, 5.41) is 0.610. The van der Waals surface area contributed by atoms with Gasteiger partial charge in [-0.3, -0.25) is 4.79 Å². The summed E-state index contributed by atoms with van der Waals surface area (Å²) < 4.78 is 0. The van der Waals surface area contributed by atoms with Crippen LogP contribution in [0, 0.1) is 0 Å². The van der Waals surface area contributed by atoms with Gasteiger partial charge in [-0.25, -0.2) is 0 Å². The molecule has 0 saturated carbocycles. The molecule has 0 spiro atoms. The van der Waals surface area contributed by atoms with E-state index in [1.807, 2.05) is 17.8 Å². The first-order valence-corrected chi connectivity index (χ1v) is 6.68. The van der Waals surface area contributed by atoms with Crippen LogP contribution < -0.4 is 16.4 Å². The minimum absolute atomic E-state index is 0.411. The van der Waals surface area contributed by atoms with Crippen molar-refractivity contribution in [2.45, 2.75) is 12.2 Å². The normalized spacial score (nSPS) is 20.3. The van der Waals surface area contributed by atoms with Crippen molar-refractivity contribution in [3.8, 4) is 0 Å². The maximum Gasteiger partial charge on any atom is 0.250 e. The number of carbonyl (C=O) groups excluding carboxylic acids is 1. The molecule has 92 valence electrons. The molecule has 17 heavy (non-hydrogen) atoms. The third kappa shape index (κ3) is 2.66. The van der Waals surface area contributed by atoms with Crippen LogP contribution in [0.2, 0.25) is 0 Å². The average Bonchev–Trinajstić information content (AvgIpc) is 2.29. The molecular weight excluding hydrogens is 234 g/mol. The summed E-state index contributed by atoms with van der Waals surface area (Å²) in [6.07, 6.45) is 0. The van der Waals surface area contributed by atoms with Gasteiger partial charge in [-0.1, -0.05) is 6.92 Å². The lowest BCUT2D eigenvalue weighted by Gasteiger charge is -2.32. The van der Waals surface area contributed by atoms with E-state index in [2.05, 4.69) is 11.8 Å². The number of benzene rings is 1. The van der Waals surface area contributed by atoms with Gasteiger partial charge in [0.2, 0.25) is 0 Å². The highest BCUT2D eigenvalue weighted by molar-refractivity contribution is 8.00. The van der Waals surface area contributed by atoms with Crippen molar-refractivity contribution in [1.82, 2.24) is 0 Å². The zero-order valence-corrected chi connectivity index (χ0v) is 10.7. The summed E-state index contributed by atoms with van der Waals surface area (Å²) in [6.45, 7) is 4.20. The zero-order valence-electron chi connectivity index (χ0n) is 9.85. The second-order valence-electron chi connectivity index (χ2n) is 4.26. The Hall–Kier alpha value is -1.36. The molecule has 1 aliphatic heterocycles. The number of carbonyl (C=O) groups is 1. The van der Waals surface area contributed by atoms with Gasteiger partial charge < -0.3 is 16.4 Å². The number of hydrogen-bond donors (Lipinski definition) is 2. The Bertz CT molecular complexity index is 436. The molecule has 1 unspecified atom stereocenters. The van der Waals surface area contributed by atoms with Gasteiger partial charge in [0.15, 0.2) is 0 Å². The van der Waals surface area contributed by atoms with Crippen LogP contribution in [0.3, 0.4) is 0 Å². The van der Waals surface area contributed by atoms with Crippen molar-refractivity contribution in [1.29, 1.82) is 0 Å². The molecule has 4 nitrogen and oxygen atoms in total. The van der Waals surface area contributed by atoms with Gasteiger partial charge in [-0.15, -0.1) is 0 Å². The first kappa shape index (κ1) is 12.1. The summed E-state index contributed by atoms with van der Waals surface area (Å²) in [4.78, 5) is 13.5. The van der Waals surface area contributed by atoms with E-state index in [-0.39, 0.29) is 0 Å². The third-order valence-corrected chi connectivity index (χ3v) is 4.04. The Balaban J connectivity index is 2.26. The van der Waals surface area contributed by atoms with Gasteiger partial charge in [0.1, 0.15) is 0 Å². The minimum Gasteiger partial charge on any atom is -0.398 e. The summed E-state index contributed by atoms with van der Waals surface area (Å²) in [7, 11) is 0. The lowest BCUT2D eigenvalue weighted by atomic mass is 10.1. The van der Waals surface area contributed by atoms with Crippen molar-refractivity contribution in [3.05, 3.63) is 23.8 Å². The van der Waals surface area contributed by atoms with Crippen LogP contribution in [0.4, 0.5) is 11.4 Å². The molecule has 0 radical (unpaired) electrons. The number of hydrogen-bond acceptors (Lipinski definition) is 4. The topological polar surface area (TPSA) is 72.3 Å². The third-order valence-electron chi connectivity index (χ3n) is 2.91. The largest absolute Gasteiger partial charge is 0.398 e. The van der Waals surface area contributed by atoms with Gasteiger partial charge in [-0.2, -0.15) is 11.8 Å². The highest BCUT2D eigenvalue weighted by Gasteiger charge is 2.18. The van der Waals surface area contributed by atoms with Gasteiger partial charge in [0, 0.05) is 35.5 Å². The number of anilines is 2. The summed E-state index contributed by atoms with van der Waals surface area (Å²) in [5.41, 5.74) is 12.9. The molecule has 5 heteroatoms. The predicted molar refractivity (Wildman–Crippen MR) is 73.5 cm³/mol. The van der Waals surface area contributed by atoms with E-state index >= 15 is 0 Å².